The number of hydrogen-bond donors (Lipinski definition) is 1. The summed E-state index contributed by atoms with van der Waals surface area (Å²) in [5.74, 6) is 1.04. The molecule has 1 amide bonds. The van der Waals surface area contributed by atoms with Crippen molar-refractivity contribution in [3.05, 3.63) is 250 Å². The van der Waals surface area contributed by atoms with Gasteiger partial charge in [0.05, 0.1) is 30.5 Å². The first-order valence-corrected chi connectivity index (χ1v) is 22.4. The van der Waals surface area contributed by atoms with Gasteiger partial charge in [0.2, 0.25) is 6.29 Å². The third-order valence-electron chi connectivity index (χ3n) is 12.4. The quantitative estimate of drug-likeness (QED) is 0.0431. The molecule has 0 saturated heterocycles. The average molecular weight is 918 g/mol. The van der Waals surface area contributed by atoms with Crippen LogP contribution in [-0.4, -0.2) is 40.7 Å². The van der Waals surface area contributed by atoms with Crippen molar-refractivity contribution >= 4 is 24.1 Å². The van der Waals surface area contributed by atoms with Gasteiger partial charge in [0, 0.05) is 22.1 Å². The molecular weight excluding hydrogens is 871 g/mol. The van der Waals surface area contributed by atoms with E-state index in [1.165, 1.54) is 12.1 Å². The van der Waals surface area contributed by atoms with Gasteiger partial charge in [-0.15, -0.1) is 0 Å². The number of esters is 2. The second-order valence-corrected chi connectivity index (χ2v) is 17.0. The lowest BCUT2D eigenvalue weighted by Gasteiger charge is -2.40. The van der Waals surface area contributed by atoms with Crippen molar-refractivity contribution in [1.82, 2.24) is 4.90 Å². The Hall–Kier alpha value is -8.54. The van der Waals surface area contributed by atoms with Crippen LogP contribution in [0.2, 0.25) is 0 Å². The Kier molecular flexibility index (Phi) is 12.8. The van der Waals surface area contributed by atoms with Gasteiger partial charge in [-0.05, 0) is 126 Å². The Labute approximate surface area is 399 Å². The van der Waals surface area contributed by atoms with Gasteiger partial charge in [-0.1, -0.05) is 105 Å². The molecule has 1 aliphatic heterocycles. The first-order chi connectivity index (χ1) is 33.5. The molecule has 11 nitrogen and oxygen atoms in total. The number of hydrogen-bond acceptors (Lipinski definition) is 10. The molecule has 0 saturated carbocycles. The molecule has 11 heteroatoms. The molecular formula is C58H47NO10. The lowest BCUT2D eigenvalue weighted by Crippen LogP contribution is -2.45. The fourth-order valence-corrected chi connectivity index (χ4v) is 8.83. The van der Waals surface area contributed by atoms with Crippen molar-refractivity contribution in [2.75, 3.05) is 6.61 Å². The van der Waals surface area contributed by atoms with Crippen LogP contribution in [0.25, 0.3) is 0 Å². The number of amides is 1. The maximum Gasteiger partial charge on any atom is 0.343 e. The number of nitrogens with zero attached hydrogens (tertiary/aromatic N) is 1. The largest absolute Gasteiger partial charge is 0.494 e. The molecule has 0 spiro atoms. The molecule has 7 aromatic carbocycles. The third-order valence-corrected chi connectivity index (χ3v) is 12.4. The summed E-state index contributed by atoms with van der Waals surface area (Å²) in [6.45, 7) is 6.76. The standard InChI is InChI=1S/C58H47NO10/c1-4-65-46-25-21-44(22-26-46)58(52-16-6-5-15-51(52)53(61)59(58)36-50-14-9-33-66-50)45-23-31-49(32-24-45)69-56(64)41-13-8-12-40(35-41)55(63)68-48-29-19-43(20-30-48)57(2,3)42-17-27-47(28-18-42)67-54(62)39-11-7-10-38(34-39)37-60/h5-35,37,55,63H,4,36H2,1-3H3. The van der Waals surface area contributed by atoms with Gasteiger partial charge in [0.15, 0.2) is 0 Å². The zero-order chi connectivity index (χ0) is 48.1. The molecule has 69 heavy (non-hydrogen) atoms. The van der Waals surface area contributed by atoms with E-state index >= 15 is 0 Å². The SMILES string of the molecule is CCOc1ccc(C2(c3ccc(OC(=O)c4cccc(C(O)Oc5ccc(C(C)(C)c6ccc(OC(=O)c7cccc(C=O)c7)cc6)cc5)c4)cc3)c3ccccc3C(=O)N2Cc2ccco2)cc1. The minimum absolute atomic E-state index is 0.151. The van der Waals surface area contributed by atoms with E-state index in [1.54, 1.807) is 85.1 Å². The lowest BCUT2D eigenvalue weighted by molar-refractivity contribution is -0.0195. The van der Waals surface area contributed by atoms with E-state index < -0.39 is 29.2 Å². The number of benzene rings is 7. The minimum atomic E-state index is -1.40. The number of aliphatic hydroxyl groups excluding tert-OH is 1. The molecule has 2 atom stereocenters. The molecule has 0 fully saturated rings. The highest BCUT2D eigenvalue weighted by atomic mass is 16.6. The summed E-state index contributed by atoms with van der Waals surface area (Å²) in [5.41, 5.74) is 4.61. The highest BCUT2D eigenvalue weighted by Gasteiger charge is 2.52. The summed E-state index contributed by atoms with van der Waals surface area (Å²) < 4.78 is 28.9. The van der Waals surface area contributed by atoms with Crippen LogP contribution in [0.4, 0.5) is 0 Å². The lowest BCUT2D eigenvalue weighted by atomic mass is 9.77. The monoisotopic (exact) mass is 917 g/mol. The zero-order valence-electron chi connectivity index (χ0n) is 38.0. The van der Waals surface area contributed by atoms with Gasteiger partial charge in [-0.3, -0.25) is 9.59 Å². The van der Waals surface area contributed by atoms with Gasteiger partial charge < -0.3 is 33.4 Å². The van der Waals surface area contributed by atoms with E-state index in [4.69, 9.17) is 23.4 Å². The van der Waals surface area contributed by atoms with Gasteiger partial charge in [-0.2, -0.15) is 0 Å². The van der Waals surface area contributed by atoms with Crippen molar-refractivity contribution in [3.8, 4) is 23.0 Å². The molecule has 2 unspecified atom stereocenters. The molecule has 1 N–H and O–H groups in total. The number of rotatable bonds is 16. The summed E-state index contributed by atoms with van der Waals surface area (Å²) in [6.07, 6.45) is 0.868. The van der Waals surface area contributed by atoms with Crippen LogP contribution >= 0.6 is 0 Å². The van der Waals surface area contributed by atoms with Gasteiger partial charge in [0.1, 0.15) is 40.6 Å². The highest BCUT2D eigenvalue weighted by Crippen LogP contribution is 2.50. The Morgan fingerprint density at radius 3 is 1.83 bits per heavy atom. The molecule has 0 bridgehead atoms. The van der Waals surface area contributed by atoms with E-state index in [-0.39, 0.29) is 29.3 Å². The number of fused-ring (bicyclic) bond motifs is 1. The van der Waals surface area contributed by atoms with Crippen molar-refractivity contribution in [1.29, 1.82) is 0 Å². The number of furan rings is 1. The molecule has 8 aromatic rings. The smallest absolute Gasteiger partial charge is 0.343 e. The van der Waals surface area contributed by atoms with Crippen LogP contribution in [0.1, 0.15) is 108 Å². The topological polar surface area (TPSA) is 142 Å². The van der Waals surface area contributed by atoms with E-state index in [0.717, 1.165) is 27.8 Å². The van der Waals surface area contributed by atoms with Gasteiger partial charge in [0.25, 0.3) is 5.91 Å². The highest BCUT2D eigenvalue weighted by molar-refractivity contribution is 6.02. The molecule has 0 aliphatic carbocycles. The maximum atomic E-state index is 14.3. The Bertz CT molecular complexity index is 3120. The Morgan fingerprint density at radius 1 is 0.667 bits per heavy atom. The Balaban J connectivity index is 0.884. The Morgan fingerprint density at radius 2 is 1.23 bits per heavy atom. The van der Waals surface area contributed by atoms with Crippen molar-refractivity contribution in [2.45, 2.75) is 44.6 Å². The van der Waals surface area contributed by atoms with Gasteiger partial charge in [-0.25, -0.2) is 9.59 Å². The van der Waals surface area contributed by atoms with Crippen LogP contribution in [0.5, 0.6) is 23.0 Å². The van der Waals surface area contributed by atoms with Crippen molar-refractivity contribution in [3.63, 3.8) is 0 Å². The summed E-state index contributed by atoms with van der Waals surface area (Å²) >= 11 is 0. The summed E-state index contributed by atoms with van der Waals surface area (Å²) in [7, 11) is 0. The second-order valence-electron chi connectivity index (χ2n) is 17.0. The molecule has 1 aliphatic rings. The second kappa shape index (κ2) is 19.4. The van der Waals surface area contributed by atoms with Gasteiger partial charge >= 0.3 is 11.9 Å². The normalized spacial score (nSPS) is 14.7. The van der Waals surface area contributed by atoms with E-state index in [0.29, 0.717) is 52.6 Å². The number of carbonyl (C=O) groups excluding carboxylic acids is 4. The van der Waals surface area contributed by atoms with Crippen molar-refractivity contribution < 1.29 is 47.6 Å². The number of aliphatic hydroxyl groups is 1. The summed E-state index contributed by atoms with van der Waals surface area (Å²) in [4.78, 5) is 53.6. The van der Waals surface area contributed by atoms with Crippen LogP contribution in [-0.2, 0) is 17.5 Å². The average Bonchev–Trinajstić information content (AvgIpc) is 3.99. The molecule has 0 radical (unpaired) electrons. The maximum absolute atomic E-state index is 14.3. The first kappa shape index (κ1) is 45.6. The van der Waals surface area contributed by atoms with Crippen LogP contribution in [0.3, 0.4) is 0 Å². The van der Waals surface area contributed by atoms with Crippen LogP contribution in [0, 0.1) is 0 Å². The van der Waals surface area contributed by atoms with Crippen LogP contribution < -0.4 is 18.9 Å². The number of aldehydes is 1. The fraction of sp³-hybridized carbons (Fsp3) is 0.138. The molecule has 1 aromatic heterocycles. The van der Waals surface area contributed by atoms with E-state index in [2.05, 4.69) is 13.8 Å². The van der Waals surface area contributed by atoms with Crippen molar-refractivity contribution in [2.24, 2.45) is 0 Å². The molecule has 344 valence electrons. The number of ether oxygens (including phenoxy) is 4. The predicted molar refractivity (Wildman–Crippen MR) is 258 cm³/mol. The predicted octanol–water partition coefficient (Wildman–Crippen LogP) is 11.3. The summed E-state index contributed by atoms with van der Waals surface area (Å²) in [6, 6.07) is 53.4. The fourth-order valence-electron chi connectivity index (χ4n) is 8.83. The zero-order valence-corrected chi connectivity index (χ0v) is 38.0. The minimum Gasteiger partial charge on any atom is -0.494 e. The molecule has 2 heterocycles. The van der Waals surface area contributed by atoms with E-state index in [9.17, 15) is 24.3 Å². The third kappa shape index (κ3) is 9.15. The summed E-state index contributed by atoms with van der Waals surface area (Å²) in [5, 5.41) is 11.2. The first-order valence-electron chi connectivity index (χ1n) is 22.4. The number of carbonyl (C=O) groups is 4. The van der Waals surface area contributed by atoms with E-state index in [1.807, 2.05) is 103 Å². The molecule has 9 rings (SSSR count). The van der Waals surface area contributed by atoms with Crippen LogP contribution in [0.15, 0.2) is 193 Å².